The number of hydrogen-bond acceptors (Lipinski definition) is 4. The topological polar surface area (TPSA) is 47.6 Å². The molecule has 0 aliphatic carbocycles. The number of amides is 1. The van der Waals surface area contributed by atoms with Crippen molar-refractivity contribution in [1.29, 1.82) is 0 Å². The van der Waals surface area contributed by atoms with Crippen molar-refractivity contribution in [2.45, 2.75) is 52.6 Å². The Morgan fingerprint density at radius 1 is 1.05 bits per heavy atom. The summed E-state index contributed by atoms with van der Waals surface area (Å²) < 4.78 is 4.52. The van der Waals surface area contributed by atoms with Crippen LogP contribution in [0.5, 0.6) is 0 Å². The van der Waals surface area contributed by atoms with Gasteiger partial charge in [-0.15, -0.1) is 0 Å². The molecule has 5 nitrogen and oxygen atoms in total. The fourth-order valence-electron chi connectivity index (χ4n) is 5.45. The third kappa shape index (κ3) is 7.82. The van der Waals surface area contributed by atoms with Gasteiger partial charge in [0.1, 0.15) is 0 Å². The number of rotatable bonds is 9. The van der Waals surface area contributed by atoms with E-state index in [0.717, 1.165) is 18.7 Å². The van der Waals surface area contributed by atoms with Gasteiger partial charge in [0.15, 0.2) is 0 Å². The third-order valence-electron chi connectivity index (χ3n) is 8.11. The Labute approximate surface area is 237 Å². The van der Waals surface area contributed by atoms with Crippen LogP contribution in [-0.4, -0.2) is 75.9 Å². The predicted molar refractivity (Wildman–Crippen MR) is 173 cm³/mol. The number of allylic oxidation sites excluding steroid dienone is 1. The molecule has 0 spiro atoms. The second-order valence-electron chi connectivity index (χ2n) is 11.0. The molecule has 208 valence electrons. The van der Waals surface area contributed by atoms with Crippen LogP contribution in [0.2, 0.25) is 0 Å². The molecule has 1 amide bonds. The summed E-state index contributed by atoms with van der Waals surface area (Å²) in [6.45, 7) is 15.1. The van der Waals surface area contributed by atoms with Crippen LogP contribution in [0.4, 0.5) is 5.69 Å². The Balaban J connectivity index is 1.28. The maximum atomic E-state index is 12.1. The first-order valence-corrected chi connectivity index (χ1v) is 18.8. The number of piperidine rings is 1. The molecule has 2 fully saturated rings. The van der Waals surface area contributed by atoms with E-state index in [1.807, 2.05) is 18.2 Å². The van der Waals surface area contributed by atoms with Gasteiger partial charge in [-0.05, 0) is 30.2 Å². The quantitative estimate of drug-likeness (QED) is 0.212. The first-order valence-electron chi connectivity index (χ1n) is 14.3. The molecule has 4 rings (SSSR count). The van der Waals surface area contributed by atoms with Gasteiger partial charge >= 0.3 is 174 Å². The summed E-state index contributed by atoms with van der Waals surface area (Å²) in [4.78, 5) is 17.3. The summed E-state index contributed by atoms with van der Waals surface area (Å²) in [5, 5.41) is 6.64. The molecule has 0 aromatic heterocycles. The van der Waals surface area contributed by atoms with E-state index in [-0.39, 0.29) is 5.91 Å². The molecule has 0 saturated carbocycles. The number of halogens is 1. The van der Waals surface area contributed by atoms with Crippen molar-refractivity contribution in [3.63, 3.8) is 0 Å². The first kappa shape index (κ1) is 29.1. The predicted octanol–water partition coefficient (Wildman–Crippen LogP) is 5.70. The summed E-state index contributed by atoms with van der Waals surface area (Å²) in [5.41, 5.74) is 6.73. The van der Waals surface area contributed by atoms with Crippen LogP contribution in [0.3, 0.4) is 0 Å². The molecule has 2 aliphatic heterocycles. The molecule has 0 radical (unpaired) electrons. The summed E-state index contributed by atoms with van der Waals surface area (Å²) in [6, 6.07) is 16.2. The Bertz CT molecular complexity index is 1100. The van der Waals surface area contributed by atoms with Gasteiger partial charge in [0.05, 0.1) is 0 Å². The molecule has 0 atom stereocenters. The molecular weight excluding hydrogens is 583 g/mol. The number of carbonyl (C=O) groups excluding carboxylic acids is 1. The zero-order chi connectivity index (χ0) is 27.1. The Morgan fingerprint density at radius 3 is 2.47 bits per heavy atom. The minimum atomic E-state index is -0.717. The Hall–Kier alpha value is -1.90. The van der Waals surface area contributed by atoms with Crippen LogP contribution in [0.25, 0.3) is 11.6 Å². The molecule has 2 N–H and O–H groups in total. The third-order valence-corrected chi connectivity index (χ3v) is 14.2. The van der Waals surface area contributed by atoms with Crippen molar-refractivity contribution >= 4 is 43.1 Å². The Morgan fingerprint density at radius 2 is 1.79 bits per heavy atom. The molecule has 38 heavy (non-hydrogen) atoms. The summed E-state index contributed by atoms with van der Waals surface area (Å²) in [5.74, 6) is -0.0495. The number of nitrogens with one attached hydrogen (secondary N) is 2. The van der Waals surface area contributed by atoms with E-state index in [0.29, 0.717) is 17.6 Å². The number of nitrogens with zero attached hydrogens (tertiary/aromatic N) is 2. The summed E-state index contributed by atoms with van der Waals surface area (Å²) >= 11 is -0.717. The second kappa shape index (κ2) is 13.9. The number of aryl methyl sites for hydroxylation is 1. The molecular formula is C32H47IN4O. The van der Waals surface area contributed by atoms with Crippen LogP contribution < -0.4 is 15.5 Å². The van der Waals surface area contributed by atoms with Crippen LogP contribution >= 0.6 is 19.8 Å². The minimum absolute atomic E-state index is 0.0495. The zero-order valence-electron chi connectivity index (χ0n) is 24.0. The fraction of sp³-hybridized carbons (Fsp3) is 0.531. The smallest absolute Gasteiger partial charge is 0.0419 e. The van der Waals surface area contributed by atoms with Crippen molar-refractivity contribution in [2.75, 3.05) is 58.0 Å². The van der Waals surface area contributed by atoms with E-state index in [1.165, 1.54) is 68.1 Å². The van der Waals surface area contributed by atoms with Gasteiger partial charge in [0, 0.05) is 12.6 Å². The number of alkyl halides is 3. The van der Waals surface area contributed by atoms with Crippen molar-refractivity contribution in [3.8, 4) is 0 Å². The number of anilines is 1. The van der Waals surface area contributed by atoms with Crippen LogP contribution in [0.1, 0.15) is 60.7 Å². The van der Waals surface area contributed by atoms with Gasteiger partial charge in [-0.3, -0.25) is 4.79 Å². The zero-order valence-corrected chi connectivity index (χ0v) is 26.2. The Kier molecular flexibility index (Phi) is 10.7. The molecule has 2 saturated heterocycles. The van der Waals surface area contributed by atoms with Crippen LogP contribution in [-0.2, 0) is 0 Å². The van der Waals surface area contributed by atoms with Gasteiger partial charge < -0.3 is 5.32 Å². The number of carbonyl (C=O) groups is 1. The van der Waals surface area contributed by atoms with Crippen molar-refractivity contribution in [3.05, 3.63) is 64.7 Å². The number of hydrogen-bond donors (Lipinski definition) is 2. The average Bonchev–Trinajstić information content (AvgIpc) is 2.94. The van der Waals surface area contributed by atoms with Crippen molar-refractivity contribution in [1.82, 2.24) is 15.5 Å². The van der Waals surface area contributed by atoms with Crippen molar-refractivity contribution < 1.29 is 4.79 Å². The van der Waals surface area contributed by atoms with E-state index in [2.05, 4.69) is 78.5 Å². The van der Waals surface area contributed by atoms with Gasteiger partial charge in [0.2, 0.25) is 0 Å². The van der Waals surface area contributed by atoms with Gasteiger partial charge in [-0.2, -0.15) is 0 Å². The molecule has 0 unspecified atom stereocenters. The van der Waals surface area contributed by atoms with Gasteiger partial charge in [0.25, 0.3) is 5.91 Å². The maximum absolute atomic E-state index is 12.1. The van der Waals surface area contributed by atoms with E-state index in [1.54, 1.807) is 7.05 Å². The minimum Gasteiger partial charge on any atom is -0.0419 e. The summed E-state index contributed by atoms with van der Waals surface area (Å²) in [7, 11) is 1.67. The number of benzene rings is 2. The van der Waals surface area contributed by atoms with Crippen LogP contribution in [0.15, 0.2) is 42.5 Å². The fourth-order valence-corrected chi connectivity index (χ4v) is 10.7. The van der Waals surface area contributed by atoms with E-state index < -0.39 is 19.8 Å². The molecule has 2 heterocycles. The largest absolute Gasteiger partial charge is 0.0419 e. The average molecular weight is 631 g/mol. The van der Waals surface area contributed by atoms with E-state index in [4.69, 9.17) is 0 Å². The van der Waals surface area contributed by atoms with Gasteiger partial charge in [-0.25, -0.2) is 0 Å². The molecule has 0 bridgehead atoms. The summed E-state index contributed by atoms with van der Waals surface area (Å²) in [6.07, 6.45) is 4.65. The monoisotopic (exact) mass is 630 g/mol. The first-order chi connectivity index (χ1) is 18.3. The second-order valence-corrected chi connectivity index (χ2v) is 17.5. The van der Waals surface area contributed by atoms with E-state index >= 15 is 0 Å². The molecule has 2 aromatic rings. The van der Waals surface area contributed by atoms with Gasteiger partial charge in [-0.1, -0.05) is 6.07 Å². The molecule has 6 heteroatoms. The standard InChI is InChI=1S/C32H47IN4O/c1-24(2)36-19-14-33(15-20-36)13-16-35-30-11-17-37(18-12-30)31-8-6-7-27(23-31)26(4)21-29-22-28(32(38)34-5)10-9-25(29)3/h6-10,21-24,30,35H,11-20H2,1-5H3,(H,34,38)/b26-21+. The van der Waals surface area contributed by atoms with Crippen molar-refractivity contribution in [2.24, 2.45) is 0 Å². The maximum Gasteiger partial charge on any atom is -0.0419 e. The molecule has 2 aliphatic rings. The van der Waals surface area contributed by atoms with Crippen LogP contribution in [0, 0.1) is 6.92 Å². The molecule has 2 aromatic carbocycles. The normalized spacial score (nSPS) is 18.7. The van der Waals surface area contributed by atoms with E-state index in [9.17, 15) is 4.79 Å². The SMILES string of the molecule is CNC(=O)c1ccc(C)c(/C=C(\C)c2cccc(N3CCC(NCCI4CCN(C(C)C)CC4)CC3)c2)c1.